The van der Waals surface area contributed by atoms with Crippen LogP contribution in [0.3, 0.4) is 0 Å². The normalized spacial score (nSPS) is 12.4. The number of rotatable bonds is 11. The molecule has 0 saturated carbocycles. The molecule has 0 bridgehead atoms. The van der Waals surface area contributed by atoms with Gasteiger partial charge in [-0.15, -0.1) is 0 Å². The maximum absolute atomic E-state index is 11.9. The summed E-state index contributed by atoms with van der Waals surface area (Å²) in [5.74, 6) is 0.268. The van der Waals surface area contributed by atoms with Gasteiger partial charge in [-0.1, -0.05) is 45.4 Å². The quantitative estimate of drug-likeness (QED) is 0.576. The van der Waals surface area contributed by atoms with Gasteiger partial charge in [-0.25, -0.2) is 0 Å². The molecule has 2 N–H and O–H groups in total. The average Bonchev–Trinajstić information content (AvgIpc) is 2.36. The fraction of sp³-hybridized carbons (Fsp3) is 0.933. The number of unbranched alkanes of at least 4 members (excludes halogenated alkanes) is 6. The number of hydrogen-bond donors (Lipinski definition) is 1. The fourth-order valence-corrected chi connectivity index (χ4v) is 2.09. The van der Waals surface area contributed by atoms with E-state index in [0.29, 0.717) is 13.0 Å². The Labute approximate surface area is 113 Å². The second kappa shape index (κ2) is 11.5. The Balaban J connectivity index is 3.52. The number of amides is 1. The minimum Gasteiger partial charge on any atom is -0.343 e. The van der Waals surface area contributed by atoms with Crippen LogP contribution < -0.4 is 5.73 Å². The molecule has 0 aliphatic carbocycles. The molecule has 108 valence electrons. The summed E-state index contributed by atoms with van der Waals surface area (Å²) in [6.07, 6.45) is 10.4. The van der Waals surface area contributed by atoms with Gasteiger partial charge in [0.15, 0.2) is 0 Å². The molecule has 0 aromatic carbocycles. The Morgan fingerprint density at radius 3 is 2.22 bits per heavy atom. The smallest absolute Gasteiger partial charge is 0.222 e. The molecule has 3 heteroatoms. The summed E-state index contributed by atoms with van der Waals surface area (Å²) >= 11 is 0. The van der Waals surface area contributed by atoms with Gasteiger partial charge in [0.25, 0.3) is 0 Å². The van der Waals surface area contributed by atoms with Crippen molar-refractivity contribution >= 4 is 5.91 Å². The molecule has 0 saturated heterocycles. The zero-order chi connectivity index (χ0) is 13.8. The third-order valence-electron chi connectivity index (χ3n) is 3.63. The topological polar surface area (TPSA) is 46.3 Å². The first-order valence-electron chi connectivity index (χ1n) is 7.59. The highest BCUT2D eigenvalue weighted by Gasteiger charge is 2.13. The summed E-state index contributed by atoms with van der Waals surface area (Å²) in [4.78, 5) is 13.7. The van der Waals surface area contributed by atoms with E-state index in [1.165, 1.54) is 38.5 Å². The Hall–Kier alpha value is -0.570. The van der Waals surface area contributed by atoms with Gasteiger partial charge in [-0.3, -0.25) is 4.79 Å². The van der Waals surface area contributed by atoms with Gasteiger partial charge < -0.3 is 10.6 Å². The molecule has 0 spiro atoms. The first-order valence-corrected chi connectivity index (χ1v) is 7.59. The lowest BCUT2D eigenvalue weighted by molar-refractivity contribution is -0.131. The lowest BCUT2D eigenvalue weighted by Gasteiger charge is -2.24. The van der Waals surface area contributed by atoms with Crippen molar-refractivity contribution in [1.82, 2.24) is 4.90 Å². The van der Waals surface area contributed by atoms with E-state index in [1.54, 1.807) is 0 Å². The van der Waals surface area contributed by atoms with Crippen LogP contribution in [0.1, 0.15) is 71.6 Å². The maximum Gasteiger partial charge on any atom is 0.222 e. The van der Waals surface area contributed by atoms with Crippen LogP contribution in [0.5, 0.6) is 0 Å². The van der Waals surface area contributed by atoms with Gasteiger partial charge >= 0.3 is 0 Å². The van der Waals surface area contributed by atoms with Crippen molar-refractivity contribution in [2.75, 3.05) is 13.6 Å². The minimum absolute atomic E-state index is 0.268. The molecule has 3 nitrogen and oxygen atoms in total. The van der Waals surface area contributed by atoms with Gasteiger partial charge in [0.1, 0.15) is 0 Å². The second-order valence-corrected chi connectivity index (χ2v) is 5.30. The summed E-state index contributed by atoms with van der Waals surface area (Å²) in [7, 11) is 1.89. The van der Waals surface area contributed by atoms with Crippen molar-refractivity contribution in [3.05, 3.63) is 0 Å². The van der Waals surface area contributed by atoms with Gasteiger partial charge in [0, 0.05) is 19.5 Å². The van der Waals surface area contributed by atoms with Crippen molar-refractivity contribution in [1.29, 1.82) is 0 Å². The molecule has 0 aromatic rings. The SMILES string of the molecule is CCCCCCCCCC(=O)N(C)C(C)CCN. The molecular weight excluding hydrogens is 224 g/mol. The van der Waals surface area contributed by atoms with E-state index in [9.17, 15) is 4.79 Å². The first kappa shape index (κ1) is 17.4. The molecule has 0 fully saturated rings. The van der Waals surface area contributed by atoms with Gasteiger partial charge in [-0.05, 0) is 26.3 Å². The Morgan fingerprint density at radius 1 is 1.11 bits per heavy atom. The molecule has 0 aliphatic heterocycles. The van der Waals surface area contributed by atoms with Crippen LogP contribution >= 0.6 is 0 Å². The molecule has 0 radical (unpaired) electrons. The zero-order valence-electron chi connectivity index (χ0n) is 12.6. The molecule has 1 atom stereocenters. The van der Waals surface area contributed by atoms with E-state index in [-0.39, 0.29) is 11.9 Å². The Kier molecular flexibility index (Phi) is 11.2. The first-order chi connectivity index (χ1) is 8.63. The van der Waals surface area contributed by atoms with Crippen molar-refractivity contribution in [2.24, 2.45) is 5.73 Å². The fourth-order valence-electron chi connectivity index (χ4n) is 2.09. The van der Waals surface area contributed by atoms with Crippen molar-refractivity contribution < 1.29 is 4.79 Å². The largest absolute Gasteiger partial charge is 0.343 e. The highest BCUT2D eigenvalue weighted by Crippen LogP contribution is 2.10. The van der Waals surface area contributed by atoms with E-state index in [2.05, 4.69) is 13.8 Å². The monoisotopic (exact) mass is 256 g/mol. The summed E-state index contributed by atoms with van der Waals surface area (Å²) in [5, 5.41) is 0. The zero-order valence-corrected chi connectivity index (χ0v) is 12.6. The van der Waals surface area contributed by atoms with Crippen LogP contribution in [0, 0.1) is 0 Å². The van der Waals surface area contributed by atoms with E-state index in [1.807, 2.05) is 11.9 Å². The molecular formula is C15H32N2O. The summed E-state index contributed by atoms with van der Waals surface area (Å²) in [6, 6.07) is 0.270. The second-order valence-electron chi connectivity index (χ2n) is 5.30. The summed E-state index contributed by atoms with van der Waals surface area (Å²) in [5.41, 5.74) is 5.51. The highest BCUT2D eigenvalue weighted by atomic mass is 16.2. The van der Waals surface area contributed by atoms with Crippen LogP contribution in [0.25, 0.3) is 0 Å². The lowest BCUT2D eigenvalue weighted by atomic mass is 10.1. The van der Waals surface area contributed by atoms with Gasteiger partial charge in [0.05, 0.1) is 0 Å². The van der Waals surface area contributed by atoms with Crippen LogP contribution in [0.15, 0.2) is 0 Å². The lowest BCUT2D eigenvalue weighted by Crippen LogP contribution is -2.36. The number of nitrogens with two attached hydrogens (primary N) is 1. The van der Waals surface area contributed by atoms with Crippen molar-refractivity contribution in [3.63, 3.8) is 0 Å². The number of hydrogen-bond acceptors (Lipinski definition) is 2. The van der Waals surface area contributed by atoms with Crippen molar-refractivity contribution in [2.45, 2.75) is 77.7 Å². The number of carbonyl (C=O) groups is 1. The van der Waals surface area contributed by atoms with Crippen molar-refractivity contribution in [3.8, 4) is 0 Å². The standard InChI is InChI=1S/C15H32N2O/c1-4-5-6-7-8-9-10-11-15(18)17(3)14(2)12-13-16/h14H,4-13,16H2,1-3H3. The highest BCUT2D eigenvalue weighted by molar-refractivity contribution is 5.76. The summed E-state index contributed by atoms with van der Waals surface area (Å²) < 4.78 is 0. The van der Waals surface area contributed by atoms with Crippen LogP contribution in [-0.2, 0) is 4.79 Å². The number of nitrogens with zero attached hydrogens (tertiary/aromatic N) is 1. The van der Waals surface area contributed by atoms with Crippen LogP contribution in [0.2, 0.25) is 0 Å². The van der Waals surface area contributed by atoms with Gasteiger partial charge in [0.2, 0.25) is 5.91 Å². The molecule has 0 aromatic heterocycles. The predicted octanol–water partition coefficient (Wildman–Crippen LogP) is 3.32. The third kappa shape index (κ3) is 8.51. The van der Waals surface area contributed by atoms with Crippen LogP contribution in [0.4, 0.5) is 0 Å². The maximum atomic E-state index is 11.9. The van der Waals surface area contributed by atoms with E-state index in [4.69, 9.17) is 5.73 Å². The number of carbonyl (C=O) groups excluding carboxylic acids is 1. The van der Waals surface area contributed by atoms with Crippen LogP contribution in [-0.4, -0.2) is 30.4 Å². The molecule has 1 unspecified atom stereocenters. The Bertz CT molecular complexity index is 207. The summed E-state index contributed by atoms with van der Waals surface area (Å²) in [6.45, 7) is 4.95. The molecule has 0 rings (SSSR count). The molecule has 18 heavy (non-hydrogen) atoms. The molecule has 1 amide bonds. The third-order valence-corrected chi connectivity index (χ3v) is 3.63. The molecule has 0 aliphatic rings. The molecule has 0 heterocycles. The average molecular weight is 256 g/mol. The Morgan fingerprint density at radius 2 is 1.67 bits per heavy atom. The van der Waals surface area contributed by atoms with E-state index >= 15 is 0 Å². The van der Waals surface area contributed by atoms with E-state index < -0.39 is 0 Å². The predicted molar refractivity (Wildman–Crippen MR) is 78.5 cm³/mol. The minimum atomic E-state index is 0.268. The van der Waals surface area contributed by atoms with Gasteiger partial charge in [-0.2, -0.15) is 0 Å². The van der Waals surface area contributed by atoms with E-state index in [0.717, 1.165) is 12.8 Å².